The van der Waals surface area contributed by atoms with Crippen molar-refractivity contribution >= 4 is 34.2 Å². The average molecular weight is 390 g/mol. The van der Waals surface area contributed by atoms with E-state index in [4.69, 9.17) is 16.0 Å². The Morgan fingerprint density at radius 3 is 2.54 bits per heavy atom. The molecule has 28 heavy (non-hydrogen) atoms. The van der Waals surface area contributed by atoms with Crippen LogP contribution < -0.4 is 10.9 Å². The third kappa shape index (κ3) is 3.55. The number of halogens is 1. The number of amides is 1. The molecule has 0 aliphatic carbocycles. The standard InChI is InChI=1S/C23H16ClNO3/c1-14-11-18(25-22(26)16-6-4-7-17(24)12-16)9-10-19(14)20-13-15-5-2-3-8-21(15)28-23(20)27/h2-13H,1H3,(H,25,26). The minimum Gasteiger partial charge on any atom is -0.422 e. The summed E-state index contributed by atoms with van der Waals surface area (Å²) in [4.78, 5) is 24.8. The number of hydrogen-bond acceptors (Lipinski definition) is 3. The fraction of sp³-hybridized carbons (Fsp3) is 0.0435. The maximum atomic E-state index is 12.4. The first-order valence-electron chi connectivity index (χ1n) is 8.72. The molecule has 0 atom stereocenters. The largest absolute Gasteiger partial charge is 0.422 e. The number of carbonyl (C=O) groups is 1. The zero-order valence-electron chi connectivity index (χ0n) is 15.0. The van der Waals surface area contributed by atoms with Gasteiger partial charge in [-0.1, -0.05) is 41.9 Å². The van der Waals surface area contributed by atoms with E-state index in [2.05, 4.69) is 5.32 Å². The Morgan fingerprint density at radius 1 is 0.929 bits per heavy atom. The molecule has 3 aromatic carbocycles. The van der Waals surface area contributed by atoms with Gasteiger partial charge in [-0.25, -0.2) is 4.79 Å². The molecule has 0 unspecified atom stereocenters. The fourth-order valence-electron chi connectivity index (χ4n) is 3.13. The van der Waals surface area contributed by atoms with Gasteiger partial charge in [0.05, 0.1) is 5.56 Å². The predicted octanol–water partition coefficient (Wildman–Crippen LogP) is 5.67. The van der Waals surface area contributed by atoms with Crippen molar-refractivity contribution < 1.29 is 9.21 Å². The molecule has 138 valence electrons. The lowest BCUT2D eigenvalue weighted by molar-refractivity contribution is 0.102. The minimum absolute atomic E-state index is 0.250. The first kappa shape index (κ1) is 18.0. The van der Waals surface area contributed by atoms with Gasteiger partial charge in [-0.2, -0.15) is 0 Å². The summed E-state index contributed by atoms with van der Waals surface area (Å²) in [7, 11) is 0. The third-order valence-corrected chi connectivity index (χ3v) is 4.74. The first-order chi connectivity index (χ1) is 13.5. The summed E-state index contributed by atoms with van der Waals surface area (Å²) in [5, 5.41) is 4.21. The van der Waals surface area contributed by atoms with Crippen LogP contribution in [0.5, 0.6) is 0 Å². The van der Waals surface area contributed by atoms with Crippen LogP contribution in [-0.4, -0.2) is 5.91 Å². The van der Waals surface area contributed by atoms with Crippen LogP contribution in [0.1, 0.15) is 15.9 Å². The monoisotopic (exact) mass is 389 g/mol. The number of anilines is 1. The van der Waals surface area contributed by atoms with Crippen molar-refractivity contribution in [2.45, 2.75) is 6.92 Å². The van der Waals surface area contributed by atoms with Crippen LogP contribution in [0.3, 0.4) is 0 Å². The van der Waals surface area contributed by atoms with Crippen molar-refractivity contribution in [3.05, 3.63) is 99.4 Å². The van der Waals surface area contributed by atoms with Crippen molar-refractivity contribution in [3.63, 3.8) is 0 Å². The smallest absolute Gasteiger partial charge is 0.344 e. The maximum Gasteiger partial charge on any atom is 0.344 e. The van der Waals surface area contributed by atoms with E-state index in [0.717, 1.165) is 16.5 Å². The van der Waals surface area contributed by atoms with E-state index < -0.39 is 5.63 Å². The summed E-state index contributed by atoms with van der Waals surface area (Å²) in [6.45, 7) is 1.89. The number of hydrogen-bond donors (Lipinski definition) is 1. The summed E-state index contributed by atoms with van der Waals surface area (Å²) in [6, 6.07) is 21.4. The normalized spacial score (nSPS) is 10.8. The van der Waals surface area contributed by atoms with Crippen LogP contribution in [0.25, 0.3) is 22.1 Å². The van der Waals surface area contributed by atoms with Gasteiger partial charge in [0, 0.05) is 21.7 Å². The lowest BCUT2D eigenvalue weighted by Crippen LogP contribution is -2.12. The van der Waals surface area contributed by atoms with Crippen molar-refractivity contribution in [2.75, 3.05) is 5.32 Å². The van der Waals surface area contributed by atoms with E-state index in [9.17, 15) is 9.59 Å². The van der Waals surface area contributed by atoms with Crippen LogP contribution >= 0.6 is 11.6 Å². The molecule has 0 fully saturated rings. The number of rotatable bonds is 3. The SMILES string of the molecule is Cc1cc(NC(=O)c2cccc(Cl)c2)ccc1-c1cc2ccccc2oc1=O. The van der Waals surface area contributed by atoms with Gasteiger partial charge < -0.3 is 9.73 Å². The number of para-hydroxylation sites is 1. The highest BCUT2D eigenvalue weighted by Crippen LogP contribution is 2.26. The molecule has 0 saturated heterocycles. The molecule has 1 N–H and O–H groups in total. The fourth-order valence-corrected chi connectivity index (χ4v) is 3.32. The Balaban J connectivity index is 1.66. The molecule has 0 aliphatic rings. The Bertz CT molecular complexity index is 1260. The van der Waals surface area contributed by atoms with Crippen molar-refractivity contribution in [2.24, 2.45) is 0 Å². The van der Waals surface area contributed by atoms with E-state index in [1.807, 2.05) is 43.3 Å². The molecule has 1 heterocycles. The van der Waals surface area contributed by atoms with Gasteiger partial charge >= 0.3 is 5.63 Å². The lowest BCUT2D eigenvalue weighted by Gasteiger charge is -2.10. The first-order valence-corrected chi connectivity index (χ1v) is 9.10. The van der Waals surface area contributed by atoms with Gasteiger partial charge in [0.15, 0.2) is 0 Å². The summed E-state index contributed by atoms with van der Waals surface area (Å²) >= 11 is 5.94. The number of benzene rings is 3. The highest BCUT2D eigenvalue weighted by atomic mass is 35.5. The Morgan fingerprint density at radius 2 is 1.75 bits per heavy atom. The summed E-state index contributed by atoms with van der Waals surface area (Å²) in [6.07, 6.45) is 0. The van der Waals surface area contributed by atoms with Crippen molar-refractivity contribution in [1.29, 1.82) is 0 Å². The molecule has 5 heteroatoms. The van der Waals surface area contributed by atoms with E-state index in [0.29, 0.717) is 27.4 Å². The number of nitrogens with one attached hydrogen (secondary N) is 1. The third-order valence-electron chi connectivity index (χ3n) is 4.50. The molecule has 1 amide bonds. The molecule has 4 rings (SSSR count). The topological polar surface area (TPSA) is 59.3 Å². The zero-order valence-corrected chi connectivity index (χ0v) is 15.8. The summed E-state index contributed by atoms with van der Waals surface area (Å²) < 4.78 is 5.43. The van der Waals surface area contributed by atoms with Gasteiger partial charge in [-0.3, -0.25) is 4.79 Å². The maximum absolute atomic E-state index is 12.4. The molecule has 1 aromatic heterocycles. The summed E-state index contributed by atoms with van der Waals surface area (Å²) in [5.41, 5.74) is 3.38. The van der Waals surface area contributed by atoms with Crippen LogP contribution in [0, 0.1) is 6.92 Å². The predicted molar refractivity (Wildman–Crippen MR) is 112 cm³/mol. The highest BCUT2D eigenvalue weighted by molar-refractivity contribution is 6.31. The van der Waals surface area contributed by atoms with Crippen LogP contribution in [-0.2, 0) is 0 Å². The second kappa shape index (κ2) is 7.33. The Kier molecular flexibility index (Phi) is 4.72. The molecular formula is C23H16ClNO3. The Hall–Kier alpha value is -3.37. The molecule has 0 bridgehead atoms. The van der Waals surface area contributed by atoms with Gasteiger partial charge in [0.1, 0.15) is 5.58 Å². The van der Waals surface area contributed by atoms with Gasteiger partial charge in [-0.05, 0) is 60.5 Å². The molecule has 0 saturated carbocycles. The summed E-state index contributed by atoms with van der Waals surface area (Å²) in [5.74, 6) is -0.250. The quantitative estimate of drug-likeness (QED) is 0.459. The van der Waals surface area contributed by atoms with Gasteiger partial charge in [0.25, 0.3) is 5.91 Å². The average Bonchev–Trinajstić information content (AvgIpc) is 2.68. The lowest BCUT2D eigenvalue weighted by atomic mass is 10.0. The highest BCUT2D eigenvalue weighted by Gasteiger charge is 2.12. The molecule has 4 nitrogen and oxygen atoms in total. The van der Waals surface area contributed by atoms with Crippen molar-refractivity contribution in [3.8, 4) is 11.1 Å². The van der Waals surface area contributed by atoms with E-state index >= 15 is 0 Å². The van der Waals surface area contributed by atoms with Crippen molar-refractivity contribution in [1.82, 2.24) is 0 Å². The number of fused-ring (bicyclic) bond motifs is 1. The number of aryl methyl sites for hydroxylation is 1. The van der Waals surface area contributed by atoms with E-state index in [-0.39, 0.29) is 5.91 Å². The second-order valence-corrected chi connectivity index (χ2v) is 6.92. The molecule has 0 radical (unpaired) electrons. The minimum atomic E-state index is -0.391. The van der Waals surface area contributed by atoms with E-state index in [1.54, 1.807) is 36.4 Å². The molecule has 4 aromatic rings. The second-order valence-electron chi connectivity index (χ2n) is 6.48. The zero-order chi connectivity index (χ0) is 19.7. The molecular weight excluding hydrogens is 374 g/mol. The molecule has 0 aliphatic heterocycles. The van der Waals surface area contributed by atoms with Crippen LogP contribution in [0.4, 0.5) is 5.69 Å². The number of carbonyl (C=O) groups excluding carboxylic acids is 1. The van der Waals surface area contributed by atoms with Crippen LogP contribution in [0.2, 0.25) is 5.02 Å². The van der Waals surface area contributed by atoms with Crippen LogP contribution in [0.15, 0.2) is 82.0 Å². The van der Waals surface area contributed by atoms with E-state index in [1.165, 1.54) is 0 Å². The molecule has 0 spiro atoms. The Labute approximate surface area is 166 Å². The van der Waals surface area contributed by atoms with Gasteiger partial charge in [0.2, 0.25) is 0 Å². The van der Waals surface area contributed by atoms with Gasteiger partial charge in [-0.15, -0.1) is 0 Å².